The fourth-order valence-electron chi connectivity index (χ4n) is 1.71. The average molecular weight is 260 g/mol. The molecule has 1 fully saturated rings. The van der Waals surface area contributed by atoms with E-state index < -0.39 is 0 Å². The SMILES string of the molecule is NCc1[nH]c(C2CCOCC2)nc1Br. The predicted molar refractivity (Wildman–Crippen MR) is 57.0 cm³/mol. The van der Waals surface area contributed by atoms with E-state index in [1.807, 2.05) is 0 Å². The maximum Gasteiger partial charge on any atom is 0.128 e. The van der Waals surface area contributed by atoms with E-state index in [0.29, 0.717) is 12.5 Å². The van der Waals surface area contributed by atoms with Gasteiger partial charge in [-0.1, -0.05) is 0 Å². The number of ether oxygens (including phenoxy) is 1. The van der Waals surface area contributed by atoms with Crippen LogP contribution in [0.5, 0.6) is 0 Å². The largest absolute Gasteiger partial charge is 0.381 e. The molecule has 4 nitrogen and oxygen atoms in total. The Hall–Kier alpha value is -0.390. The molecule has 0 bridgehead atoms. The number of nitrogens with one attached hydrogen (secondary N) is 1. The zero-order chi connectivity index (χ0) is 9.97. The molecule has 1 saturated heterocycles. The third-order valence-electron chi connectivity index (χ3n) is 2.56. The smallest absolute Gasteiger partial charge is 0.128 e. The van der Waals surface area contributed by atoms with Crippen LogP contribution in [-0.4, -0.2) is 23.2 Å². The Balaban J connectivity index is 2.14. The summed E-state index contributed by atoms with van der Waals surface area (Å²) in [6.45, 7) is 2.17. The molecular formula is C9H14BrN3O. The molecule has 0 spiro atoms. The van der Waals surface area contributed by atoms with Gasteiger partial charge in [-0.15, -0.1) is 0 Å². The van der Waals surface area contributed by atoms with E-state index in [9.17, 15) is 0 Å². The van der Waals surface area contributed by atoms with E-state index in [-0.39, 0.29) is 0 Å². The quantitative estimate of drug-likeness (QED) is 0.847. The topological polar surface area (TPSA) is 63.9 Å². The molecule has 1 aliphatic rings. The highest BCUT2D eigenvalue weighted by molar-refractivity contribution is 9.10. The molecular weight excluding hydrogens is 246 g/mol. The first-order valence-electron chi connectivity index (χ1n) is 4.83. The Bertz CT molecular complexity index is 307. The summed E-state index contributed by atoms with van der Waals surface area (Å²) in [4.78, 5) is 7.69. The standard InChI is InChI=1S/C9H14BrN3O/c10-8-7(5-11)12-9(13-8)6-1-3-14-4-2-6/h6H,1-5,11H2,(H,12,13). The van der Waals surface area contributed by atoms with Crippen molar-refractivity contribution < 1.29 is 4.74 Å². The highest BCUT2D eigenvalue weighted by Gasteiger charge is 2.19. The van der Waals surface area contributed by atoms with Crippen LogP contribution in [0.25, 0.3) is 0 Å². The molecule has 1 aliphatic heterocycles. The molecule has 5 heteroatoms. The highest BCUT2D eigenvalue weighted by atomic mass is 79.9. The van der Waals surface area contributed by atoms with Crippen molar-refractivity contribution in [3.05, 3.63) is 16.1 Å². The monoisotopic (exact) mass is 259 g/mol. The summed E-state index contributed by atoms with van der Waals surface area (Å²) >= 11 is 3.39. The molecule has 1 aromatic heterocycles. The molecule has 2 rings (SSSR count). The molecule has 0 saturated carbocycles. The van der Waals surface area contributed by atoms with Crippen LogP contribution in [0.2, 0.25) is 0 Å². The van der Waals surface area contributed by atoms with Gasteiger partial charge in [-0.25, -0.2) is 4.98 Å². The van der Waals surface area contributed by atoms with E-state index in [1.54, 1.807) is 0 Å². The second kappa shape index (κ2) is 4.42. The Morgan fingerprint density at radius 1 is 1.50 bits per heavy atom. The van der Waals surface area contributed by atoms with Crippen molar-refractivity contribution in [1.29, 1.82) is 0 Å². The van der Waals surface area contributed by atoms with Crippen LogP contribution in [0.3, 0.4) is 0 Å². The summed E-state index contributed by atoms with van der Waals surface area (Å²) in [7, 11) is 0. The van der Waals surface area contributed by atoms with Crippen LogP contribution < -0.4 is 5.73 Å². The van der Waals surface area contributed by atoms with Crippen molar-refractivity contribution in [2.45, 2.75) is 25.3 Å². The number of halogens is 1. The van der Waals surface area contributed by atoms with Crippen molar-refractivity contribution in [2.24, 2.45) is 5.73 Å². The van der Waals surface area contributed by atoms with Gasteiger partial charge in [0, 0.05) is 25.7 Å². The van der Waals surface area contributed by atoms with E-state index in [1.165, 1.54) is 0 Å². The first-order chi connectivity index (χ1) is 6.81. The lowest BCUT2D eigenvalue weighted by Gasteiger charge is -2.19. The lowest BCUT2D eigenvalue weighted by atomic mass is 10.00. The maximum atomic E-state index is 5.57. The number of nitrogens with two attached hydrogens (primary N) is 1. The number of aromatic amines is 1. The minimum Gasteiger partial charge on any atom is -0.381 e. The molecule has 0 aliphatic carbocycles. The van der Waals surface area contributed by atoms with Crippen LogP contribution in [0.15, 0.2) is 4.60 Å². The molecule has 14 heavy (non-hydrogen) atoms. The molecule has 1 aromatic rings. The Morgan fingerprint density at radius 2 is 2.21 bits per heavy atom. The maximum absolute atomic E-state index is 5.57. The first kappa shape index (κ1) is 10.1. The van der Waals surface area contributed by atoms with Gasteiger partial charge in [0.15, 0.2) is 0 Å². The Kier molecular flexibility index (Phi) is 3.20. The molecule has 0 radical (unpaired) electrons. The molecule has 0 amide bonds. The number of nitrogens with zero attached hydrogens (tertiary/aromatic N) is 1. The number of rotatable bonds is 2. The van der Waals surface area contributed by atoms with Gasteiger partial charge in [-0.05, 0) is 28.8 Å². The highest BCUT2D eigenvalue weighted by Crippen LogP contribution is 2.26. The van der Waals surface area contributed by atoms with Crippen LogP contribution >= 0.6 is 15.9 Å². The zero-order valence-corrected chi connectivity index (χ0v) is 9.51. The summed E-state index contributed by atoms with van der Waals surface area (Å²) in [5, 5.41) is 0. The zero-order valence-electron chi connectivity index (χ0n) is 7.92. The van der Waals surface area contributed by atoms with Crippen LogP contribution in [0, 0.1) is 0 Å². The van der Waals surface area contributed by atoms with Gasteiger partial charge in [0.05, 0.1) is 5.69 Å². The van der Waals surface area contributed by atoms with Gasteiger partial charge in [0.2, 0.25) is 0 Å². The number of hydrogen-bond donors (Lipinski definition) is 2. The summed E-state index contributed by atoms with van der Waals surface area (Å²) in [6.07, 6.45) is 2.09. The number of hydrogen-bond acceptors (Lipinski definition) is 3. The Labute approximate surface area is 91.4 Å². The van der Waals surface area contributed by atoms with Gasteiger partial charge in [0.25, 0.3) is 0 Å². The van der Waals surface area contributed by atoms with Crippen molar-refractivity contribution in [1.82, 2.24) is 9.97 Å². The lowest BCUT2D eigenvalue weighted by Crippen LogP contribution is -2.15. The van der Waals surface area contributed by atoms with Gasteiger partial charge in [-0.2, -0.15) is 0 Å². The van der Waals surface area contributed by atoms with Crippen molar-refractivity contribution >= 4 is 15.9 Å². The fraction of sp³-hybridized carbons (Fsp3) is 0.667. The van der Waals surface area contributed by atoms with Crippen LogP contribution in [-0.2, 0) is 11.3 Å². The minimum atomic E-state index is 0.497. The van der Waals surface area contributed by atoms with Crippen LogP contribution in [0.1, 0.15) is 30.3 Å². The Morgan fingerprint density at radius 3 is 2.79 bits per heavy atom. The molecule has 0 unspecified atom stereocenters. The molecule has 0 aromatic carbocycles. The molecule has 3 N–H and O–H groups in total. The predicted octanol–water partition coefficient (Wildman–Crippen LogP) is 1.52. The summed E-state index contributed by atoms with van der Waals surface area (Å²) in [6, 6.07) is 0. The van der Waals surface area contributed by atoms with E-state index in [0.717, 1.165) is 42.2 Å². The van der Waals surface area contributed by atoms with Gasteiger partial charge in [-0.3, -0.25) is 0 Å². The molecule has 2 heterocycles. The van der Waals surface area contributed by atoms with Gasteiger partial charge in [0.1, 0.15) is 10.4 Å². The molecule has 0 atom stereocenters. The summed E-state index contributed by atoms with van der Waals surface area (Å²) in [5.74, 6) is 1.54. The van der Waals surface area contributed by atoms with E-state index in [4.69, 9.17) is 10.5 Å². The summed E-state index contributed by atoms with van der Waals surface area (Å²) in [5.41, 5.74) is 6.55. The lowest BCUT2D eigenvalue weighted by molar-refractivity contribution is 0.0837. The van der Waals surface area contributed by atoms with Gasteiger partial charge >= 0.3 is 0 Å². The average Bonchev–Trinajstić information content (AvgIpc) is 2.61. The third-order valence-corrected chi connectivity index (χ3v) is 3.21. The summed E-state index contributed by atoms with van der Waals surface area (Å²) < 4.78 is 6.16. The van der Waals surface area contributed by atoms with Crippen molar-refractivity contribution in [3.8, 4) is 0 Å². The minimum absolute atomic E-state index is 0.497. The van der Waals surface area contributed by atoms with E-state index in [2.05, 4.69) is 25.9 Å². The number of H-pyrrole nitrogens is 1. The third kappa shape index (κ3) is 1.99. The number of aromatic nitrogens is 2. The van der Waals surface area contributed by atoms with Crippen molar-refractivity contribution in [2.75, 3.05) is 13.2 Å². The number of imidazole rings is 1. The van der Waals surface area contributed by atoms with E-state index >= 15 is 0 Å². The normalized spacial score (nSPS) is 18.7. The fourth-order valence-corrected chi connectivity index (χ4v) is 2.16. The second-order valence-electron chi connectivity index (χ2n) is 3.48. The molecule has 78 valence electrons. The van der Waals surface area contributed by atoms with Crippen LogP contribution in [0.4, 0.5) is 0 Å². The first-order valence-corrected chi connectivity index (χ1v) is 5.62. The second-order valence-corrected chi connectivity index (χ2v) is 4.23. The van der Waals surface area contributed by atoms with Gasteiger partial charge < -0.3 is 15.5 Å². The van der Waals surface area contributed by atoms with Crippen molar-refractivity contribution in [3.63, 3.8) is 0 Å².